The molecule has 6 nitrogen and oxygen atoms in total. The normalized spacial score (nSPS) is 18.1. The summed E-state index contributed by atoms with van der Waals surface area (Å²) in [6.45, 7) is 0. The van der Waals surface area contributed by atoms with Crippen LogP contribution in [-0.4, -0.2) is 37.5 Å². The van der Waals surface area contributed by atoms with Crippen LogP contribution in [0.3, 0.4) is 0 Å². The lowest BCUT2D eigenvalue weighted by Crippen LogP contribution is -2.23. The Balaban J connectivity index is 2.21. The molecule has 0 aromatic carbocycles. The van der Waals surface area contributed by atoms with Gasteiger partial charge in [0.25, 0.3) is 0 Å². The van der Waals surface area contributed by atoms with Crippen LogP contribution in [0, 0.1) is 5.92 Å². The SMILES string of the molecule is COC(=O)[C@H](CC1CCCC1)n1cc(S(C)(=O)=O)cn1. The summed E-state index contributed by atoms with van der Waals surface area (Å²) in [6, 6.07) is -0.543. The lowest BCUT2D eigenvalue weighted by molar-refractivity contribution is -0.145. The van der Waals surface area contributed by atoms with Crippen molar-refractivity contribution in [2.24, 2.45) is 5.92 Å². The zero-order chi connectivity index (χ0) is 14.8. The summed E-state index contributed by atoms with van der Waals surface area (Å²) in [5.74, 6) is 0.102. The van der Waals surface area contributed by atoms with Gasteiger partial charge < -0.3 is 4.74 Å². The first-order valence-corrected chi connectivity index (χ1v) is 8.63. The van der Waals surface area contributed by atoms with Crippen LogP contribution in [0.25, 0.3) is 0 Å². The fourth-order valence-corrected chi connectivity index (χ4v) is 3.23. The highest BCUT2D eigenvalue weighted by atomic mass is 32.2. The largest absolute Gasteiger partial charge is 0.467 e. The van der Waals surface area contributed by atoms with Crippen LogP contribution in [0.5, 0.6) is 0 Å². The minimum atomic E-state index is -3.31. The highest BCUT2D eigenvalue weighted by molar-refractivity contribution is 7.90. The molecule has 0 saturated heterocycles. The van der Waals surface area contributed by atoms with E-state index in [-0.39, 0.29) is 10.9 Å². The van der Waals surface area contributed by atoms with Crippen molar-refractivity contribution in [2.45, 2.75) is 43.0 Å². The number of nitrogens with zero attached hydrogens (tertiary/aromatic N) is 2. The Hall–Kier alpha value is -1.37. The van der Waals surface area contributed by atoms with Crippen LogP contribution in [0.4, 0.5) is 0 Å². The Labute approximate surface area is 119 Å². The van der Waals surface area contributed by atoms with Gasteiger partial charge in [-0.1, -0.05) is 25.7 Å². The molecule has 0 N–H and O–H groups in total. The molecule has 20 heavy (non-hydrogen) atoms. The van der Waals surface area contributed by atoms with E-state index in [1.165, 1.54) is 37.0 Å². The van der Waals surface area contributed by atoms with Gasteiger partial charge in [0.05, 0.1) is 13.3 Å². The number of sulfone groups is 1. The second-order valence-electron chi connectivity index (χ2n) is 5.35. The topological polar surface area (TPSA) is 78.3 Å². The lowest BCUT2D eigenvalue weighted by atomic mass is 9.98. The minimum absolute atomic E-state index is 0.123. The molecule has 1 atom stereocenters. The van der Waals surface area contributed by atoms with Gasteiger partial charge in [-0.3, -0.25) is 4.68 Å². The van der Waals surface area contributed by atoms with Crippen LogP contribution in [0.2, 0.25) is 0 Å². The van der Waals surface area contributed by atoms with Crippen LogP contribution >= 0.6 is 0 Å². The van der Waals surface area contributed by atoms with Crippen molar-refractivity contribution in [1.82, 2.24) is 9.78 Å². The van der Waals surface area contributed by atoms with Gasteiger partial charge in [0.15, 0.2) is 9.84 Å². The molecule has 1 aliphatic rings. The summed E-state index contributed by atoms with van der Waals surface area (Å²) in [4.78, 5) is 12.0. The molecule has 1 saturated carbocycles. The van der Waals surface area contributed by atoms with Crippen LogP contribution < -0.4 is 0 Å². The van der Waals surface area contributed by atoms with Gasteiger partial charge in [0.1, 0.15) is 10.9 Å². The van der Waals surface area contributed by atoms with E-state index in [0.717, 1.165) is 19.1 Å². The van der Waals surface area contributed by atoms with E-state index in [4.69, 9.17) is 4.74 Å². The predicted molar refractivity (Wildman–Crippen MR) is 73.0 cm³/mol. The molecule has 0 amide bonds. The number of rotatable bonds is 5. The Morgan fingerprint density at radius 3 is 2.65 bits per heavy atom. The number of esters is 1. The molecular formula is C13H20N2O4S. The fraction of sp³-hybridized carbons (Fsp3) is 0.692. The second-order valence-corrected chi connectivity index (χ2v) is 7.37. The summed E-state index contributed by atoms with van der Waals surface area (Å²) in [5, 5.41) is 4.03. The summed E-state index contributed by atoms with van der Waals surface area (Å²) in [6.07, 6.45) is 9.04. The predicted octanol–water partition coefficient (Wildman–Crippen LogP) is 1.58. The average molecular weight is 300 g/mol. The van der Waals surface area contributed by atoms with E-state index < -0.39 is 15.9 Å². The van der Waals surface area contributed by atoms with Gasteiger partial charge in [0, 0.05) is 12.5 Å². The molecule has 1 aromatic heterocycles. The number of carbonyl (C=O) groups excluding carboxylic acids is 1. The van der Waals surface area contributed by atoms with Gasteiger partial charge in [-0.2, -0.15) is 5.10 Å². The molecule has 2 rings (SSSR count). The Morgan fingerprint density at radius 2 is 2.15 bits per heavy atom. The Bertz CT molecular complexity index is 573. The third kappa shape index (κ3) is 3.39. The summed E-state index contributed by atoms with van der Waals surface area (Å²) in [7, 11) is -1.97. The molecule has 1 fully saturated rings. The van der Waals surface area contributed by atoms with Crippen molar-refractivity contribution in [3.63, 3.8) is 0 Å². The Kier molecular flexibility index (Phi) is 4.47. The van der Waals surface area contributed by atoms with Gasteiger partial charge in [0.2, 0.25) is 0 Å². The van der Waals surface area contributed by atoms with Gasteiger partial charge in [-0.15, -0.1) is 0 Å². The molecule has 0 bridgehead atoms. The van der Waals surface area contributed by atoms with Gasteiger partial charge in [-0.25, -0.2) is 13.2 Å². The van der Waals surface area contributed by atoms with E-state index in [0.29, 0.717) is 12.3 Å². The quantitative estimate of drug-likeness (QED) is 0.771. The molecule has 7 heteroatoms. The zero-order valence-corrected chi connectivity index (χ0v) is 12.6. The van der Waals surface area contributed by atoms with E-state index in [9.17, 15) is 13.2 Å². The molecular weight excluding hydrogens is 280 g/mol. The summed E-state index contributed by atoms with van der Waals surface area (Å²) >= 11 is 0. The smallest absolute Gasteiger partial charge is 0.330 e. The number of hydrogen-bond donors (Lipinski definition) is 0. The molecule has 1 aliphatic carbocycles. The average Bonchev–Trinajstić information content (AvgIpc) is 3.05. The first-order chi connectivity index (χ1) is 9.41. The van der Waals surface area contributed by atoms with E-state index in [1.807, 2.05) is 0 Å². The van der Waals surface area contributed by atoms with Crippen molar-refractivity contribution in [3.05, 3.63) is 12.4 Å². The van der Waals surface area contributed by atoms with E-state index in [1.54, 1.807) is 0 Å². The number of ether oxygens (including phenoxy) is 1. The van der Waals surface area contributed by atoms with Crippen LogP contribution in [0.15, 0.2) is 17.3 Å². The number of aromatic nitrogens is 2. The second kappa shape index (κ2) is 5.95. The van der Waals surface area contributed by atoms with Crippen LogP contribution in [0.1, 0.15) is 38.1 Å². The maximum Gasteiger partial charge on any atom is 0.330 e. The molecule has 1 aromatic rings. The fourth-order valence-electron chi connectivity index (χ4n) is 2.69. The van der Waals surface area contributed by atoms with Crippen molar-refractivity contribution in [2.75, 3.05) is 13.4 Å². The van der Waals surface area contributed by atoms with Crippen LogP contribution in [-0.2, 0) is 19.4 Å². The number of hydrogen-bond acceptors (Lipinski definition) is 5. The first-order valence-electron chi connectivity index (χ1n) is 6.74. The standard InChI is InChI=1S/C13H20N2O4S/c1-19-13(16)12(7-10-5-3-4-6-10)15-9-11(8-14-15)20(2,17)18/h8-10,12H,3-7H2,1-2H3/t12-/m0/s1. The Morgan fingerprint density at radius 1 is 1.50 bits per heavy atom. The minimum Gasteiger partial charge on any atom is -0.467 e. The summed E-state index contributed by atoms with van der Waals surface area (Å²) in [5.41, 5.74) is 0. The van der Waals surface area contributed by atoms with Crippen molar-refractivity contribution in [3.8, 4) is 0 Å². The van der Waals surface area contributed by atoms with Gasteiger partial charge in [-0.05, 0) is 12.3 Å². The summed E-state index contributed by atoms with van der Waals surface area (Å²) < 4.78 is 29.2. The van der Waals surface area contributed by atoms with E-state index >= 15 is 0 Å². The van der Waals surface area contributed by atoms with Crippen molar-refractivity contribution < 1.29 is 17.9 Å². The molecule has 1 heterocycles. The highest BCUT2D eigenvalue weighted by Crippen LogP contribution is 2.32. The number of methoxy groups -OCH3 is 1. The zero-order valence-electron chi connectivity index (χ0n) is 11.8. The van der Waals surface area contributed by atoms with Gasteiger partial charge >= 0.3 is 5.97 Å². The third-order valence-corrected chi connectivity index (χ3v) is 4.90. The molecule has 0 spiro atoms. The van der Waals surface area contributed by atoms with Crippen molar-refractivity contribution in [1.29, 1.82) is 0 Å². The molecule has 0 radical (unpaired) electrons. The third-order valence-electron chi connectivity index (χ3n) is 3.83. The molecule has 0 aliphatic heterocycles. The van der Waals surface area contributed by atoms with Crippen molar-refractivity contribution >= 4 is 15.8 Å². The number of carbonyl (C=O) groups is 1. The van der Waals surface area contributed by atoms with E-state index in [2.05, 4.69) is 5.10 Å². The lowest BCUT2D eigenvalue weighted by Gasteiger charge is -2.18. The molecule has 112 valence electrons. The highest BCUT2D eigenvalue weighted by Gasteiger charge is 2.28. The maximum absolute atomic E-state index is 11.9. The monoisotopic (exact) mass is 300 g/mol. The maximum atomic E-state index is 11.9. The first kappa shape index (κ1) is 15.0. The molecule has 0 unspecified atom stereocenters.